The minimum absolute atomic E-state index is 0.168. The summed E-state index contributed by atoms with van der Waals surface area (Å²) in [5.74, 6) is -0.469. The molecule has 0 aromatic heterocycles. The van der Waals surface area contributed by atoms with Crippen molar-refractivity contribution in [2.45, 2.75) is 6.54 Å². The second-order valence-corrected chi connectivity index (χ2v) is 4.72. The molecule has 0 aliphatic carbocycles. The average molecular weight is 272 g/mol. The lowest BCUT2D eigenvalue weighted by Crippen LogP contribution is -2.25. The Morgan fingerprint density at radius 3 is 2.60 bits per heavy atom. The second kappa shape index (κ2) is 6.19. The Bertz CT molecular complexity index is 611. The lowest BCUT2D eigenvalue weighted by Gasteiger charge is -2.16. The van der Waals surface area contributed by atoms with Crippen LogP contribution in [0.2, 0.25) is 0 Å². The molecule has 1 amide bonds. The molecule has 0 fully saturated rings. The highest BCUT2D eigenvalue weighted by Crippen LogP contribution is 2.17. The number of nitrogens with zero attached hydrogens (tertiary/aromatic N) is 1. The molecule has 0 bridgehead atoms. The summed E-state index contributed by atoms with van der Waals surface area (Å²) in [6.07, 6.45) is 0. The first-order valence-electron chi connectivity index (χ1n) is 6.37. The molecular weight excluding hydrogens is 255 g/mol. The van der Waals surface area contributed by atoms with Crippen molar-refractivity contribution in [3.63, 3.8) is 0 Å². The van der Waals surface area contributed by atoms with Crippen LogP contribution in [0.4, 0.5) is 10.1 Å². The van der Waals surface area contributed by atoms with Gasteiger partial charge in [0.05, 0.1) is 5.56 Å². The van der Waals surface area contributed by atoms with Crippen LogP contribution in [0.25, 0.3) is 0 Å². The van der Waals surface area contributed by atoms with Gasteiger partial charge >= 0.3 is 0 Å². The molecular formula is C16H17FN2O. The fraction of sp³-hybridized carbons (Fsp3) is 0.188. The molecule has 0 heterocycles. The Balaban J connectivity index is 2.09. The van der Waals surface area contributed by atoms with Gasteiger partial charge in [-0.25, -0.2) is 4.39 Å². The smallest absolute Gasteiger partial charge is 0.253 e. The summed E-state index contributed by atoms with van der Waals surface area (Å²) in [5, 5.41) is 2.81. The first kappa shape index (κ1) is 14.1. The molecule has 3 nitrogen and oxygen atoms in total. The number of benzene rings is 2. The number of hydrogen-bond acceptors (Lipinski definition) is 2. The van der Waals surface area contributed by atoms with Crippen LogP contribution in [0, 0.1) is 5.82 Å². The Morgan fingerprint density at radius 2 is 1.90 bits per heavy atom. The monoisotopic (exact) mass is 272 g/mol. The average Bonchev–Trinajstić information content (AvgIpc) is 2.45. The van der Waals surface area contributed by atoms with E-state index in [-0.39, 0.29) is 11.7 Å². The van der Waals surface area contributed by atoms with Crippen LogP contribution in [0.5, 0.6) is 0 Å². The number of para-hydroxylation sites is 1. The SMILES string of the molecule is CN(C)c1ccccc1C(=O)NCc1cccc(F)c1. The number of carbonyl (C=O) groups is 1. The van der Waals surface area contributed by atoms with E-state index in [1.807, 2.05) is 37.2 Å². The van der Waals surface area contributed by atoms with Gasteiger partial charge in [0.15, 0.2) is 0 Å². The van der Waals surface area contributed by atoms with Crippen molar-refractivity contribution in [1.29, 1.82) is 0 Å². The molecule has 0 saturated carbocycles. The Morgan fingerprint density at radius 1 is 1.15 bits per heavy atom. The van der Waals surface area contributed by atoms with Crippen molar-refractivity contribution in [3.05, 3.63) is 65.5 Å². The second-order valence-electron chi connectivity index (χ2n) is 4.72. The molecule has 2 rings (SSSR count). The molecule has 1 N–H and O–H groups in total. The number of halogens is 1. The molecule has 0 radical (unpaired) electrons. The van der Waals surface area contributed by atoms with Crippen molar-refractivity contribution in [2.24, 2.45) is 0 Å². The van der Waals surface area contributed by atoms with Gasteiger partial charge in [0, 0.05) is 26.3 Å². The van der Waals surface area contributed by atoms with Gasteiger partial charge in [-0.05, 0) is 29.8 Å². The number of carbonyl (C=O) groups excluding carboxylic acids is 1. The molecule has 104 valence electrons. The van der Waals surface area contributed by atoms with E-state index in [9.17, 15) is 9.18 Å². The Hall–Kier alpha value is -2.36. The highest BCUT2D eigenvalue weighted by Gasteiger charge is 2.11. The first-order valence-corrected chi connectivity index (χ1v) is 6.37. The quantitative estimate of drug-likeness (QED) is 0.928. The zero-order valence-corrected chi connectivity index (χ0v) is 11.6. The molecule has 0 saturated heterocycles. The molecule has 2 aromatic carbocycles. The predicted octanol–water partition coefficient (Wildman–Crippen LogP) is 2.82. The highest BCUT2D eigenvalue weighted by molar-refractivity contribution is 5.99. The molecule has 4 heteroatoms. The maximum Gasteiger partial charge on any atom is 0.253 e. The summed E-state index contributed by atoms with van der Waals surface area (Å²) < 4.78 is 13.1. The van der Waals surface area contributed by atoms with Crippen LogP contribution in [-0.2, 0) is 6.54 Å². The van der Waals surface area contributed by atoms with E-state index in [0.29, 0.717) is 12.1 Å². The van der Waals surface area contributed by atoms with Gasteiger partial charge in [-0.1, -0.05) is 24.3 Å². The maximum atomic E-state index is 13.1. The summed E-state index contributed by atoms with van der Waals surface area (Å²) >= 11 is 0. The van der Waals surface area contributed by atoms with E-state index in [1.54, 1.807) is 18.2 Å². The van der Waals surface area contributed by atoms with Crippen LogP contribution in [0.3, 0.4) is 0 Å². The van der Waals surface area contributed by atoms with E-state index in [1.165, 1.54) is 12.1 Å². The lowest BCUT2D eigenvalue weighted by molar-refractivity contribution is 0.0951. The normalized spacial score (nSPS) is 10.2. The summed E-state index contributed by atoms with van der Waals surface area (Å²) in [6.45, 7) is 0.304. The van der Waals surface area contributed by atoms with Crippen LogP contribution in [0.15, 0.2) is 48.5 Å². The number of rotatable bonds is 4. The van der Waals surface area contributed by atoms with Gasteiger partial charge in [-0.15, -0.1) is 0 Å². The molecule has 0 atom stereocenters. The lowest BCUT2D eigenvalue weighted by atomic mass is 10.1. The fourth-order valence-corrected chi connectivity index (χ4v) is 1.98. The zero-order valence-electron chi connectivity index (χ0n) is 11.6. The largest absolute Gasteiger partial charge is 0.377 e. The third kappa shape index (κ3) is 3.35. The number of amides is 1. The summed E-state index contributed by atoms with van der Waals surface area (Å²) in [6, 6.07) is 13.6. The van der Waals surface area contributed by atoms with E-state index in [0.717, 1.165) is 11.3 Å². The molecule has 20 heavy (non-hydrogen) atoms. The Labute approximate surface area is 118 Å². The van der Waals surface area contributed by atoms with Gasteiger partial charge in [-0.3, -0.25) is 4.79 Å². The number of hydrogen-bond donors (Lipinski definition) is 1. The summed E-state index contributed by atoms with van der Waals surface area (Å²) in [5.41, 5.74) is 2.19. The first-order chi connectivity index (χ1) is 9.58. The highest BCUT2D eigenvalue weighted by atomic mass is 19.1. The minimum atomic E-state index is -0.301. The summed E-state index contributed by atoms with van der Waals surface area (Å²) in [4.78, 5) is 14.1. The fourth-order valence-electron chi connectivity index (χ4n) is 1.98. The molecule has 0 spiro atoms. The third-order valence-electron chi connectivity index (χ3n) is 2.97. The van der Waals surface area contributed by atoms with E-state index in [2.05, 4.69) is 5.32 Å². The van der Waals surface area contributed by atoms with Crippen molar-refractivity contribution in [2.75, 3.05) is 19.0 Å². The van der Waals surface area contributed by atoms with Crippen molar-refractivity contribution >= 4 is 11.6 Å². The van der Waals surface area contributed by atoms with E-state index in [4.69, 9.17) is 0 Å². The van der Waals surface area contributed by atoms with Gasteiger partial charge in [0.1, 0.15) is 5.82 Å². The van der Waals surface area contributed by atoms with Crippen molar-refractivity contribution in [3.8, 4) is 0 Å². The van der Waals surface area contributed by atoms with Crippen molar-refractivity contribution < 1.29 is 9.18 Å². The van der Waals surface area contributed by atoms with Crippen LogP contribution in [-0.4, -0.2) is 20.0 Å². The number of nitrogens with one attached hydrogen (secondary N) is 1. The van der Waals surface area contributed by atoms with Gasteiger partial charge < -0.3 is 10.2 Å². The maximum absolute atomic E-state index is 13.1. The minimum Gasteiger partial charge on any atom is -0.377 e. The Kier molecular flexibility index (Phi) is 4.35. The zero-order chi connectivity index (χ0) is 14.5. The van der Waals surface area contributed by atoms with Gasteiger partial charge in [-0.2, -0.15) is 0 Å². The van der Waals surface area contributed by atoms with Gasteiger partial charge in [0.2, 0.25) is 0 Å². The van der Waals surface area contributed by atoms with E-state index >= 15 is 0 Å². The molecule has 0 aliphatic rings. The molecule has 0 unspecified atom stereocenters. The molecule has 2 aromatic rings. The van der Waals surface area contributed by atoms with Crippen molar-refractivity contribution in [1.82, 2.24) is 5.32 Å². The van der Waals surface area contributed by atoms with E-state index < -0.39 is 0 Å². The predicted molar refractivity (Wildman–Crippen MR) is 78.3 cm³/mol. The molecule has 0 aliphatic heterocycles. The standard InChI is InChI=1S/C16H17FN2O/c1-19(2)15-9-4-3-8-14(15)16(20)18-11-12-6-5-7-13(17)10-12/h3-10H,11H2,1-2H3,(H,18,20). The van der Waals surface area contributed by atoms with Crippen LogP contribution >= 0.6 is 0 Å². The third-order valence-corrected chi connectivity index (χ3v) is 2.97. The van der Waals surface area contributed by atoms with Crippen LogP contribution < -0.4 is 10.2 Å². The van der Waals surface area contributed by atoms with Gasteiger partial charge in [0.25, 0.3) is 5.91 Å². The summed E-state index contributed by atoms with van der Waals surface area (Å²) in [7, 11) is 3.78. The number of anilines is 1. The van der Waals surface area contributed by atoms with Crippen LogP contribution in [0.1, 0.15) is 15.9 Å². The topological polar surface area (TPSA) is 32.3 Å².